The van der Waals surface area contributed by atoms with E-state index in [0.29, 0.717) is 6.42 Å². The summed E-state index contributed by atoms with van der Waals surface area (Å²) in [6.45, 7) is 6.00. The van der Waals surface area contributed by atoms with Crippen LogP contribution in [0.3, 0.4) is 0 Å². The maximum absolute atomic E-state index is 12.7. The molecule has 3 N–H and O–H groups in total. The molecule has 7 heteroatoms. The molecule has 0 bridgehead atoms. The van der Waals surface area contributed by atoms with E-state index in [0.717, 1.165) is 35.1 Å². The predicted octanol–water partition coefficient (Wildman–Crippen LogP) is 5.09. The molecule has 0 fully saturated rings. The van der Waals surface area contributed by atoms with Crippen molar-refractivity contribution in [3.05, 3.63) is 59.7 Å². The standard InChI is InChI=1S/C28H36N2O5/c1-4-5-10-19(15-26(31)30-25(18(2)3)16-27(32)33)29-28(34)35-17-24-22-13-8-6-11-20(22)21-12-7-9-14-23(21)24/h6-9,11-14,18-19,24-25H,4-5,10,15-17H2,1-3H3,(H,29,34)(H,30,31)(H,32,33)/t19-,25+/m0/s1. The first-order valence-electron chi connectivity index (χ1n) is 12.4. The van der Waals surface area contributed by atoms with Crippen LogP contribution >= 0.6 is 0 Å². The molecule has 7 nitrogen and oxygen atoms in total. The first-order chi connectivity index (χ1) is 16.8. The molecule has 0 unspecified atom stereocenters. The van der Waals surface area contributed by atoms with E-state index in [9.17, 15) is 14.4 Å². The third kappa shape index (κ3) is 7.07. The van der Waals surface area contributed by atoms with Gasteiger partial charge in [-0.3, -0.25) is 9.59 Å². The number of carboxylic acid groups (broad SMARTS) is 1. The number of ether oxygens (including phenoxy) is 1. The number of carbonyl (C=O) groups excluding carboxylic acids is 2. The highest BCUT2D eigenvalue weighted by molar-refractivity contribution is 5.80. The summed E-state index contributed by atoms with van der Waals surface area (Å²) in [6.07, 6.45) is 1.81. The van der Waals surface area contributed by atoms with Gasteiger partial charge in [-0.1, -0.05) is 82.1 Å². The minimum Gasteiger partial charge on any atom is -0.481 e. The summed E-state index contributed by atoms with van der Waals surface area (Å²) in [7, 11) is 0. The normalized spacial score (nSPS) is 14.1. The van der Waals surface area contributed by atoms with Gasteiger partial charge in [-0.25, -0.2) is 4.79 Å². The van der Waals surface area contributed by atoms with Crippen molar-refractivity contribution in [2.24, 2.45) is 5.92 Å². The smallest absolute Gasteiger partial charge is 0.407 e. The Hall–Kier alpha value is -3.35. The number of benzene rings is 2. The van der Waals surface area contributed by atoms with Crippen molar-refractivity contribution in [3.8, 4) is 11.1 Å². The molecule has 0 saturated heterocycles. The molecular formula is C28H36N2O5. The summed E-state index contributed by atoms with van der Waals surface area (Å²) in [5, 5.41) is 14.8. The van der Waals surface area contributed by atoms with Crippen molar-refractivity contribution in [3.63, 3.8) is 0 Å². The van der Waals surface area contributed by atoms with E-state index in [1.165, 1.54) is 0 Å². The first-order valence-corrected chi connectivity index (χ1v) is 12.4. The van der Waals surface area contributed by atoms with Gasteiger partial charge in [-0.15, -0.1) is 0 Å². The maximum Gasteiger partial charge on any atom is 0.407 e. The lowest BCUT2D eigenvalue weighted by molar-refractivity contribution is -0.138. The number of rotatable bonds is 12. The lowest BCUT2D eigenvalue weighted by Crippen LogP contribution is -2.44. The molecule has 2 amide bonds. The zero-order valence-electron chi connectivity index (χ0n) is 20.8. The number of unbranched alkanes of at least 4 members (excludes halogenated alkanes) is 1. The van der Waals surface area contributed by atoms with Gasteiger partial charge < -0.3 is 20.5 Å². The van der Waals surface area contributed by atoms with Gasteiger partial charge in [-0.05, 0) is 34.6 Å². The highest BCUT2D eigenvalue weighted by Gasteiger charge is 2.29. The largest absolute Gasteiger partial charge is 0.481 e. The minimum atomic E-state index is -0.955. The van der Waals surface area contributed by atoms with E-state index in [1.807, 2.05) is 45.0 Å². The predicted molar refractivity (Wildman–Crippen MR) is 135 cm³/mol. The molecule has 0 heterocycles. The summed E-state index contributed by atoms with van der Waals surface area (Å²) < 4.78 is 5.64. The summed E-state index contributed by atoms with van der Waals surface area (Å²) >= 11 is 0. The molecule has 188 valence electrons. The fourth-order valence-corrected chi connectivity index (χ4v) is 4.61. The Morgan fingerprint density at radius 2 is 1.54 bits per heavy atom. The van der Waals surface area contributed by atoms with Crippen molar-refractivity contribution in [2.45, 2.75) is 70.9 Å². The molecule has 2 atom stereocenters. The third-order valence-corrected chi connectivity index (χ3v) is 6.55. The monoisotopic (exact) mass is 480 g/mol. The van der Waals surface area contributed by atoms with Gasteiger partial charge in [0.25, 0.3) is 0 Å². The average molecular weight is 481 g/mol. The number of aliphatic carboxylic acids is 1. The molecule has 0 saturated carbocycles. The van der Waals surface area contributed by atoms with E-state index < -0.39 is 18.1 Å². The number of hydrogen-bond donors (Lipinski definition) is 3. The van der Waals surface area contributed by atoms with Crippen molar-refractivity contribution >= 4 is 18.0 Å². The second-order valence-electron chi connectivity index (χ2n) is 9.53. The van der Waals surface area contributed by atoms with Crippen molar-refractivity contribution in [2.75, 3.05) is 6.61 Å². The second-order valence-corrected chi connectivity index (χ2v) is 9.53. The van der Waals surface area contributed by atoms with E-state index in [2.05, 4.69) is 34.9 Å². The highest BCUT2D eigenvalue weighted by atomic mass is 16.5. The Balaban J connectivity index is 1.60. The van der Waals surface area contributed by atoms with E-state index in [4.69, 9.17) is 9.84 Å². The second kappa shape index (κ2) is 12.4. The van der Waals surface area contributed by atoms with Gasteiger partial charge in [0.2, 0.25) is 5.91 Å². The summed E-state index contributed by atoms with van der Waals surface area (Å²) in [5.41, 5.74) is 4.61. The molecule has 35 heavy (non-hydrogen) atoms. The summed E-state index contributed by atoms with van der Waals surface area (Å²) in [5.74, 6) is -1.28. The van der Waals surface area contributed by atoms with Crippen LogP contribution in [0.15, 0.2) is 48.5 Å². The van der Waals surface area contributed by atoms with Gasteiger partial charge in [0.05, 0.1) is 6.42 Å². The van der Waals surface area contributed by atoms with Crippen LogP contribution in [0.4, 0.5) is 4.79 Å². The average Bonchev–Trinajstić information content (AvgIpc) is 3.14. The molecule has 2 aromatic rings. The lowest BCUT2D eigenvalue weighted by atomic mass is 9.98. The lowest BCUT2D eigenvalue weighted by Gasteiger charge is -2.23. The topological polar surface area (TPSA) is 105 Å². The Kier molecular flexibility index (Phi) is 9.29. The van der Waals surface area contributed by atoms with E-state index >= 15 is 0 Å². The molecular weight excluding hydrogens is 444 g/mol. The van der Waals surface area contributed by atoms with E-state index in [-0.39, 0.29) is 43.2 Å². The Bertz CT molecular complexity index is 990. The van der Waals surface area contributed by atoms with Crippen molar-refractivity contribution in [1.82, 2.24) is 10.6 Å². The number of alkyl carbamates (subject to hydrolysis) is 1. The highest BCUT2D eigenvalue weighted by Crippen LogP contribution is 2.44. The van der Waals surface area contributed by atoms with Crippen LogP contribution in [0, 0.1) is 5.92 Å². The molecule has 1 aliphatic rings. The van der Waals surface area contributed by atoms with E-state index in [1.54, 1.807) is 0 Å². The maximum atomic E-state index is 12.7. The molecule has 2 aromatic carbocycles. The Morgan fingerprint density at radius 3 is 2.09 bits per heavy atom. The van der Waals surface area contributed by atoms with Gasteiger partial charge in [-0.2, -0.15) is 0 Å². The molecule has 1 aliphatic carbocycles. The number of hydrogen-bond acceptors (Lipinski definition) is 4. The zero-order valence-corrected chi connectivity index (χ0v) is 20.8. The first kappa shape index (κ1) is 26.3. The van der Waals surface area contributed by atoms with Crippen LogP contribution in [0.1, 0.15) is 69.9 Å². The number of carbonyl (C=O) groups is 3. The number of fused-ring (bicyclic) bond motifs is 3. The molecule has 0 radical (unpaired) electrons. The van der Waals surface area contributed by atoms with Crippen LogP contribution in [0.2, 0.25) is 0 Å². The van der Waals surface area contributed by atoms with Crippen molar-refractivity contribution < 1.29 is 24.2 Å². The van der Waals surface area contributed by atoms with Crippen LogP contribution in [-0.2, 0) is 14.3 Å². The van der Waals surface area contributed by atoms with Crippen LogP contribution in [0.5, 0.6) is 0 Å². The summed E-state index contributed by atoms with van der Waals surface area (Å²) in [4.78, 5) is 36.5. The number of carboxylic acids is 1. The van der Waals surface area contributed by atoms with Gasteiger partial charge in [0.15, 0.2) is 0 Å². The van der Waals surface area contributed by atoms with Crippen LogP contribution < -0.4 is 10.6 Å². The number of nitrogens with one attached hydrogen (secondary N) is 2. The minimum absolute atomic E-state index is 0.0146. The molecule has 0 aromatic heterocycles. The zero-order chi connectivity index (χ0) is 25.4. The fraction of sp³-hybridized carbons (Fsp3) is 0.464. The quantitative estimate of drug-likeness (QED) is 0.392. The SMILES string of the molecule is CCCC[C@@H](CC(=O)N[C@H](CC(=O)O)C(C)C)NC(=O)OCC1c2ccccc2-c2ccccc21. The third-order valence-electron chi connectivity index (χ3n) is 6.55. The molecule has 0 aliphatic heterocycles. The molecule has 3 rings (SSSR count). The van der Waals surface area contributed by atoms with Gasteiger partial charge >= 0.3 is 12.1 Å². The van der Waals surface area contributed by atoms with Crippen molar-refractivity contribution in [1.29, 1.82) is 0 Å². The molecule has 0 spiro atoms. The fourth-order valence-electron chi connectivity index (χ4n) is 4.61. The Morgan fingerprint density at radius 1 is 0.943 bits per heavy atom. The summed E-state index contributed by atoms with van der Waals surface area (Å²) in [6, 6.07) is 15.5. The van der Waals surface area contributed by atoms with Crippen LogP contribution in [-0.4, -0.2) is 41.8 Å². The number of amides is 2. The van der Waals surface area contributed by atoms with Gasteiger partial charge in [0, 0.05) is 24.4 Å². The van der Waals surface area contributed by atoms with Gasteiger partial charge in [0.1, 0.15) is 6.61 Å². The Labute approximate surface area is 207 Å². The van der Waals surface area contributed by atoms with Crippen LogP contribution in [0.25, 0.3) is 11.1 Å².